The summed E-state index contributed by atoms with van der Waals surface area (Å²) in [6.07, 6.45) is 3.81. The van der Waals surface area contributed by atoms with E-state index in [0.29, 0.717) is 22.4 Å². The van der Waals surface area contributed by atoms with Gasteiger partial charge >= 0.3 is 5.97 Å². The number of fused-ring (bicyclic) bond motifs is 2. The van der Waals surface area contributed by atoms with Crippen LogP contribution in [0.3, 0.4) is 0 Å². The first-order valence-electron chi connectivity index (χ1n) is 11.9. The highest BCUT2D eigenvalue weighted by molar-refractivity contribution is 6.29. The second-order valence-electron chi connectivity index (χ2n) is 8.89. The second kappa shape index (κ2) is 9.71. The van der Waals surface area contributed by atoms with Crippen LogP contribution >= 0.6 is 11.6 Å². The lowest BCUT2D eigenvalue weighted by Gasteiger charge is -2.19. The molecule has 0 spiro atoms. The van der Waals surface area contributed by atoms with Crippen LogP contribution in [0.15, 0.2) is 64.1 Å². The maximum Gasteiger partial charge on any atom is 0.359 e. The fraction of sp³-hybridized carbons (Fsp3) is 0.214. The third kappa shape index (κ3) is 4.80. The molecule has 1 unspecified atom stereocenters. The van der Waals surface area contributed by atoms with Crippen molar-refractivity contribution in [2.75, 3.05) is 11.9 Å². The zero-order valence-electron chi connectivity index (χ0n) is 20.8. The molecule has 5 aromatic rings. The Morgan fingerprint density at radius 1 is 1.14 bits per heavy atom. The molecule has 37 heavy (non-hydrogen) atoms. The smallest absolute Gasteiger partial charge is 0.359 e. The molecule has 4 aromatic heterocycles. The number of benzene rings is 1. The third-order valence-corrected chi connectivity index (χ3v) is 6.24. The van der Waals surface area contributed by atoms with Crippen LogP contribution in [0, 0.1) is 13.8 Å². The van der Waals surface area contributed by atoms with Gasteiger partial charge in [0.1, 0.15) is 22.1 Å². The molecule has 0 aliphatic rings. The summed E-state index contributed by atoms with van der Waals surface area (Å²) in [7, 11) is 0. The quantitative estimate of drug-likeness (QED) is 0.214. The molecule has 0 saturated carbocycles. The molecule has 0 saturated heterocycles. The highest BCUT2D eigenvalue weighted by atomic mass is 35.5. The lowest BCUT2D eigenvalue weighted by atomic mass is 10.0. The van der Waals surface area contributed by atoms with Crippen molar-refractivity contribution in [2.45, 2.75) is 33.7 Å². The first-order valence-corrected chi connectivity index (χ1v) is 12.3. The van der Waals surface area contributed by atoms with E-state index in [1.54, 1.807) is 19.1 Å². The Morgan fingerprint density at radius 2 is 1.95 bits per heavy atom. The molecule has 5 rings (SSSR count). The topological polar surface area (TPSA) is 98.7 Å². The van der Waals surface area contributed by atoms with E-state index < -0.39 is 5.97 Å². The number of carbonyl (C=O) groups excluding carboxylic acids is 1. The van der Waals surface area contributed by atoms with Crippen LogP contribution in [0.2, 0.25) is 5.15 Å². The molecule has 1 aromatic carbocycles. The number of nitrogens with one attached hydrogen (secondary N) is 1. The summed E-state index contributed by atoms with van der Waals surface area (Å²) in [5, 5.41) is 3.98. The molecule has 0 amide bonds. The van der Waals surface area contributed by atoms with Gasteiger partial charge in [-0.2, -0.15) is 0 Å². The van der Waals surface area contributed by atoms with Gasteiger partial charge in [0.15, 0.2) is 11.1 Å². The number of rotatable bonds is 6. The fourth-order valence-electron chi connectivity index (χ4n) is 4.38. The van der Waals surface area contributed by atoms with Gasteiger partial charge in [0, 0.05) is 29.6 Å². The first-order chi connectivity index (χ1) is 17.7. The molecule has 8 nitrogen and oxygen atoms in total. The van der Waals surface area contributed by atoms with Crippen LogP contribution in [0.5, 0.6) is 0 Å². The van der Waals surface area contributed by atoms with Gasteiger partial charge in [0.2, 0.25) is 0 Å². The molecule has 0 aliphatic carbocycles. The number of halogens is 1. The lowest BCUT2D eigenvalue weighted by Crippen LogP contribution is -2.15. The first kappa shape index (κ1) is 24.5. The Kier molecular flexibility index (Phi) is 6.43. The molecular formula is C28H25ClN4O4. The highest BCUT2D eigenvalue weighted by Crippen LogP contribution is 2.31. The van der Waals surface area contributed by atoms with Gasteiger partial charge in [0.05, 0.1) is 29.4 Å². The molecule has 4 heterocycles. The predicted octanol–water partition coefficient (Wildman–Crippen LogP) is 6.12. The summed E-state index contributed by atoms with van der Waals surface area (Å²) in [4.78, 5) is 34.3. The van der Waals surface area contributed by atoms with E-state index in [9.17, 15) is 9.59 Å². The largest absolute Gasteiger partial charge is 0.461 e. The number of hydrogen-bond donors (Lipinski definition) is 1. The second-order valence-corrected chi connectivity index (χ2v) is 9.28. The number of pyridine rings is 2. The van der Waals surface area contributed by atoms with Gasteiger partial charge < -0.3 is 18.9 Å². The number of nitrogens with zero attached hydrogens (tertiary/aromatic N) is 3. The van der Waals surface area contributed by atoms with Crippen molar-refractivity contribution < 1.29 is 13.9 Å². The van der Waals surface area contributed by atoms with Gasteiger partial charge in [-0.25, -0.2) is 14.8 Å². The maximum atomic E-state index is 13.2. The number of aromatic nitrogens is 3. The SMILES string of the molecule is CCOC(=O)c1nc(Cl)ccc1NC(C)c1cc(C)cc2c(=O)cc(-c3ccc4nc(C)cn4c3)oc12. The van der Waals surface area contributed by atoms with Gasteiger partial charge in [-0.15, -0.1) is 0 Å². The number of anilines is 1. The number of ether oxygens (including phenoxy) is 1. The molecule has 1 atom stereocenters. The van der Waals surface area contributed by atoms with Crippen LogP contribution < -0.4 is 10.7 Å². The Hall–Kier alpha value is -4.17. The van der Waals surface area contributed by atoms with Crippen molar-refractivity contribution in [1.29, 1.82) is 0 Å². The van der Waals surface area contributed by atoms with E-state index in [4.69, 9.17) is 20.8 Å². The molecule has 9 heteroatoms. The van der Waals surface area contributed by atoms with Crippen molar-refractivity contribution in [3.63, 3.8) is 0 Å². The third-order valence-electron chi connectivity index (χ3n) is 6.03. The lowest BCUT2D eigenvalue weighted by molar-refractivity contribution is 0.0520. The van der Waals surface area contributed by atoms with Crippen LogP contribution in [-0.4, -0.2) is 26.9 Å². The summed E-state index contributed by atoms with van der Waals surface area (Å²) >= 11 is 6.04. The predicted molar refractivity (Wildman–Crippen MR) is 143 cm³/mol. The van der Waals surface area contributed by atoms with E-state index in [2.05, 4.69) is 15.3 Å². The Bertz CT molecular complexity index is 1720. The summed E-state index contributed by atoms with van der Waals surface area (Å²) in [5.74, 6) is -0.129. The number of esters is 1. The summed E-state index contributed by atoms with van der Waals surface area (Å²) in [6, 6.07) is 12.0. The molecule has 1 N–H and O–H groups in total. The number of carbonyl (C=O) groups is 1. The number of aryl methyl sites for hydroxylation is 2. The van der Waals surface area contributed by atoms with Crippen molar-refractivity contribution in [3.05, 3.63) is 92.7 Å². The van der Waals surface area contributed by atoms with Gasteiger partial charge in [-0.1, -0.05) is 17.7 Å². The summed E-state index contributed by atoms with van der Waals surface area (Å²) in [6.45, 7) is 7.71. The summed E-state index contributed by atoms with van der Waals surface area (Å²) in [5.41, 5.74) is 5.01. The number of imidazole rings is 1. The van der Waals surface area contributed by atoms with Crippen molar-refractivity contribution >= 4 is 39.9 Å². The van der Waals surface area contributed by atoms with Crippen molar-refractivity contribution in [3.8, 4) is 11.3 Å². The minimum Gasteiger partial charge on any atom is -0.461 e. The standard InChI is InChI=1S/C28H25ClN4O4/c1-5-36-28(35)26-21(7-8-24(29)32-26)31-17(4)19-10-15(2)11-20-22(34)12-23(37-27(19)20)18-6-9-25-30-16(3)13-33(25)14-18/h6-14,17,31H,5H2,1-4H3. The molecule has 0 fully saturated rings. The zero-order chi connectivity index (χ0) is 26.3. The fourth-order valence-corrected chi connectivity index (χ4v) is 4.53. The average molecular weight is 517 g/mol. The minimum atomic E-state index is -0.576. The van der Waals surface area contributed by atoms with E-state index in [1.165, 1.54) is 6.07 Å². The minimum absolute atomic E-state index is 0.0872. The Labute approximate surface area is 217 Å². The van der Waals surface area contributed by atoms with Crippen LogP contribution in [-0.2, 0) is 4.74 Å². The zero-order valence-corrected chi connectivity index (χ0v) is 21.6. The molecular weight excluding hydrogens is 492 g/mol. The van der Waals surface area contributed by atoms with E-state index in [0.717, 1.165) is 28.0 Å². The van der Waals surface area contributed by atoms with Gasteiger partial charge in [-0.05, 0) is 63.6 Å². The van der Waals surface area contributed by atoms with E-state index in [-0.39, 0.29) is 28.9 Å². The molecule has 188 valence electrons. The number of hydrogen-bond acceptors (Lipinski definition) is 7. The average Bonchev–Trinajstić information content (AvgIpc) is 3.24. The van der Waals surface area contributed by atoms with Crippen LogP contribution in [0.25, 0.3) is 27.9 Å². The Balaban J connectivity index is 1.60. The highest BCUT2D eigenvalue weighted by Gasteiger charge is 2.21. The normalized spacial score (nSPS) is 12.1. The monoisotopic (exact) mass is 516 g/mol. The van der Waals surface area contributed by atoms with E-state index >= 15 is 0 Å². The van der Waals surface area contributed by atoms with E-state index in [1.807, 2.05) is 61.8 Å². The van der Waals surface area contributed by atoms with Crippen molar-refractivity contribution in [1.82, 2.24) is 14.4 Å². The van der Waals surface area contributed by atoms with Gasteiger partial charge in [0.25, 0.3) is 0 Å². The maximum absolute atomic E-state index is 13.2. The molecule has 0 radical (unpaired) electrons. The molecule has 0 bridgehead atoms. The van der Waals surface area contributed by atoms with Gasteiger partial charge in [-0.3, -0.25) is 4.79 Å². The van der Waals surface area contributed by atoms with Crippen LogP contribution in [0.4, 0.5) is 5.69 Å². The Morgan fingerprint density at radius 3 is 2.73 bits per heavy atom. The summed E-state index contributed by atoms with van der Waals surface area (Å²) < 4.78 is 13.4. The van der Waals surface area contributed by atoms with Crippen LogP contribution in [0.1, 0.15) is 47.2 Å². The molecule has 0 aliphatic heterocycles. The van der Waals surface area contributed by atoms with Crippen molar-refractivity contribution in [2.24, 2.45) is 0 Å².